The molecule has 0 aromatic carbocycles. The van der Waals surface area contributed by atoms with E-state index in [0.717, 1.165) is 17.4 Å². The van der Waals surface area contributed by atoms with Gasteiger partial charge in [-0.05, 0) is 44.7 Å². The van der Waals surface area contributed by atoms with Crippen LogP contribution in [0.4, 0.5) is 0 Å². The Kier molecular flexibility index (Phi) is 4.83. The summed E-state index contributed by atoms with van der Waals surface area (Å²) < 4.78 is 0. The second-order valence-electron chi connectivity index (χ2n) is 7.21. The highest BCUT2D eigenvalue weighted by Gasteiger charge is 2.25. The van der Waals surface area contributed by atoms with Crippen molar-refractivity contribution < 1.29 is 0 Å². The second kappa shape index (κ2) is 7.38. The number of hydrogen-bond donors (Lipinski definition) is 1. The van der Waals surface area contributed by atoms with Gasteiger partial charge in [0.05, 0.1) is 6.20 Å². The van der Waals surface area contributed by atoms with Crippen LogP contribution in [-0.4, -0.2) is 49.7 Å². The lowest BCUT2D eigenvalue weighted by atomic mass is 9.88. The lowest BCUT2D eigenvalue weighted by Crippen LogP contribution is -2.37. The van der Waals surface area contributed by atoms with Crippen LogP contribution in [0, 0.1) is 5.92 Å². The quantitative estimate of drug-likeness (QED) is 0.935. The molecule has 2 fully saturated rings. The summed E-state index contributed by atoms with van der Waals surface area (Å²) in [6, 6.07) is 0. The van der Waals surface area contributed by atoms with E-state index in [1.54, 1.807) is 18.6 Å². The first-order valence-corrected chi connectivity index (χ1v) is 9.29. The molecule has 2 aromatic rings. The van der Waals surface area contributed by atoms with Gasteiger partial charge in [0.1, 0.15) is 11.5 Å². The zero-order valence-corrected chi connectivity index (χ0v) is 14.2. The molecule has 0 atom stereocenters. The smallest absolute Gasteiger partial charge is 0.201 e. The molecule has 0 radical (unpaired) electrons. The topological polar surface area (TPSA) is 70.6 Å². The number of aromatic nitrogens is 5. The van der Waals surface area contributed by atoms with Crippen LogP contribution < -0.4 is 0 Å². The molecule has 4 rings (SSSR count). The van der Waals surface area contributed by atoms with E-state index in [2.05, 4.69) is 30.0 Å². The van der Waals surface area contributed by atoms with E-state index in [0.29, 0.717) is 11.7 Å². The van der Waals surface area contributed by atoms with Crippen LogP contribution >= 0.6 is 0 Å². The fourth-order valence-corrected chi connectivity index (χ4v) is 4.11. The van der Waals surface area contributed by atoms with E-state index in [1.807, 2.05) is 0 Å². The molecule has 24 heavy (non-hydrogen) atoms. The van der Waals surface area contributed by atoms with Crippen LogP contribution in [0.25, 0.3) is 11.5 Å². The molecule has 0 amide bonds. The Morgan fingerprint density at radius 3 is 2.62 bits per heavy atom. The summed E-state index contributed by atoms with van der Waals surface area (Å²) in [7, 11) is 0. The molecule has 6 heteroatoms. The summed E-state index contributed by atoms with van der Waals surface area (Å²) in [5, 5.41) is 7.44. The van der Waals surface area contributed by atoms with Gasteiger partial charge in [-0.3, -0.25) is 10.1 Å². The highest BCUT2D eigenvalue weighted by molar-refractivity contribution is 5.46. The maximum Gasteiger partial charge on any atom is 0.201 e. The van der Waals surface area contributed by atoms with Crippen LogP contribution in [0.3, 0.4) is 0 Å². The van der Waals surface area contributed by atoms with E-state index in [9.17, 15) is 0 Å². The van der Waals surface area contributed by atoms with Gasteiger partial charge in [-0.2, -0.15) is 5.10 Å². The van der Waals surface area contributed by atoms with Crippen molar-refractivity contribution in [2.75, 3.05) is 19.6 Å². The first-order chi connectivity index (χ1) is 11.9. The number of nitrogens with zero attached hydrogens (tertiary/aromatic N) is 5. The number of rotatable bonds is 4. The molecular formula is C18H26N6. The summed E-state index contributed by atoms with van der Waals surface area (Å²) in [6.07, 6.45) is 14.6. The minimum atomic E-state index is 0.491. The van der Waals surface area contributed by atoms with E-state index >= 15 is 0 Å². The summed E-state index contributed by atoms with van der Waals surface area (Å²) in [6.45, 7) is 3.67. The summed E-state index contributed by atoms with van der Waals surface area (Å²) in [4.78, 5) is 15.7. The molecule has 0 spiro atoms. The van der Waals surface area contributed by atoms with Crippen molar-refractivity contribution in [3.05, 3.63) is 24.4 Å². The molecule has 1 N–H and O–H groups in total. The second-order valence-corrected chi connectivity index (χ2v) is 7.21. The number of aromatic amines is 1. The minimum absolute atomic E-state index is 0.491. The predicted octanol–water partition coefficient (Wildman–Crippen LogP) is 3.02. The molecule has 1 saturated heterocycles. The van der Waals surface area contributed by atoms with Crippen molar-refractivity contribution in [3.63, 3.8) is 0 Å². The van der Waals surface area contributed by atoms with Crippen LogP contribution in [0.5, 0.6) is 0 Å². The summed E-state index contributed by atoms with van der Waals surface area (Å²) in [5.41, 5.74) is 0.731. The third kappa shape index (κ3) is 3.64. The van der Waals surface area contributed by atoms with Gasteiger partial charge in [-0.25, -0.2) is 9.97 Å². The van der Waals surface area contributed by atoms with Crippen LogP contribution in [-0.2, 0) is 0 Å². The van der Waals surface area contributed by atoms with Crippen molar-refractivity contribution in [3.8, 4) is 11.5 Å². The van der Waals surface area contributed by atoms with Gasteiger partial charge in [0.15, 0.2) is 0 Å². The first kappa shape index (κ1) is 15.7. The lowest BCUT2D eigenvalue weighted by Gasteiger charge is -2.34. The van der Waals surface area contributed by atoms with Crippen molar-refractivity contribution >= 4 is 0 Å². The largest absolute Gasteiger partial charge is 0.303 e. The number of H-pyrrole nitrogens is 1. The highest BCUT2D eigenvalue weighted by Crippen LogP contribution is 2.29. The molecule has 1 aliphatic carbocycles. The Labute approximate surface area is 143 Å². The normalized spacial score (nSPS) is 21.2. The zero-order valence-electron chi connectivity index (χ0n) is 14.2. The molecule has 128 valence electrons. The molecule has 0 unspecified atom stereocenters. The minimum Gasteiger partial charge on any atom is -0.303 e. The van der Waals surface area contributed by atoms with Gasteiger partial charge < -0.3 is 4.90 Å². The Balaban J connectivity index is 1.32. The van der Waals surface area contributed by atoms with Gasteiger partial charge in [0.2, 0.25) is 5.82 Å². The predicted molar refractivity (Wildman–Crippen MR) is 92.4 cm³/mol. The molecule has 1 saturated carbocycles. The van der Waals surface area contributed by atoms with Crippen LogP contribution in [0.1, 0.15) is 56.7 Å². The number of hydrogen-bond acceptors (Lipinski definition) is 5. The van der Waals surface area contributed by atoms with E-state index in [4.69, 9.17) is 0 Å². The molecule has 2 aliphatic rings. The molecule has 2 aromatic heterocycles. The Morgan fingerprint density at radius 2 is 1.88 bits per heavy atom. The average molecular weight is 326 g/mol. The van der Waals surface area contributed by atoms with Gasteiger partial charge in [-0.1, -0.05) is 19.3 Å². The monoisotopic (exact) mass is 326 g/mol. The number of piperidine rings is 1. The van der Waals surface area contributed by atoms with Crippen LogP contribution in [0.2, 0.25) is 0 Å². The third-order valence-electron chi connectivity index (χ3n) is 5.51. The third-order valence-corrected chi connectivity index (χ3v) is 5.51. The molecule has 6 nitrogen and oxygen atoms in total. The van der Waals surface area contributed by atoms with Gasteiger partial charge >= 0.3 is 0 Å². The molecule has 1 aliphatic heterocycles. The standard InChI is InChI=1S/C18H26N6/c1-2-4-14(5-3-1)13-24-10-6-15(7-11-24)17-21-18(23-22-17)16-12-19-8-9-20-16/h8-9,12,14-15H,1-7,10-11,13H2,(H,21,22,23). The molecule has 3 heterocycles. The van der Waals surface area contributed by atoms with Crippen molar-refractivity contribution in [1.82, 2.24) is 30.0 Å². The van der Waals surface area contributed by atoms with Gasteiger partial charge in [0, 0.05) is 24.9 Å². The number of nitrogens with one attached hydrogen (secondary N) is 1. The van der Waals surface area contributed by atoms with E-state index in [-0.39, 0.29) is 0 Å². The maximum atomic E-state index is 4.66. The fraction of sp³-hybridized carbons (Fsp3) is 0.667. The van der Waals surface area contributed by atoms with Gasteiger partial charge in [-0.15, -0.1) is 0 Å². The Morgan fingerprint density at radius 1 is 1.04 bits per heavy atom. The maximum absolute atomic E-state index is 4.66. The zero-order chi connectivity index (χ0) is 16.2. The van der Waals surface area contributed by atoms with Gasteiger partial charge in [0.25, 0.3) is 0 Å². The summed E-state index contributed by atoms with van der Waals surface area (Å²) in [5.74, 6) is 3.09. The Bertz CT molecular complexity index is 626. The summed E-state index contributed by atoms with van der Waals surface area (Å²) >= 11 is 0. The highest BCUT2D eigenvalue weighted by atomic mass is 15.2. The molecule has 0 bridgehead atoms. The van der Waals surface area contributed by atoms with Crippen molar-refractivity contribution in [1.29, 1.82) is 0 Å². The van der Waals surface area contributed by atoms with Crippen molar-refractivity contribution in [2.24, 2.45) is 5.92 Å². The van der Waals surface area contributed by atoms with Crippen molar-refractivity contribution in [2.45, 2.75) is 50.9 Å². The first-order valence-electron chi connectivity index (χ1n) is 9.29. The Hall–Kier alpha value is -1.82. The van der Waals surface area contributed by atoms with E-state index < -0.39 is 0 Å². The SMILES string of the molecule is c1cnc(-c2n[nH]c(C3CCN(CC4CCCCC4)CC3)n2)cn1. The number of likely N-dealkylation sites (tertiary alicyclic amines) is 1. The fourth-order valence-electron chi connectivity index (χ4n) is 4.11. The van der Waals surface area contributed by atoms with Crippen LogP contribution in [0.15, 0.2) is 18.6 Å². The van der Waals surface area contributed by atoms with E-state index in [1.165, 1.54) is 64.6 Å². The lowest BCUT2D eigenvalue weighted by molar-refractivity contribution is 0.162. The molecular weight excluding hydrogens is 300 g/mol. The average Bonchev–Trinajstić information content (AvgIpc) is 3.14.